The number of nitrogens with zero attached hydrogens (tertiary/aromatic N) is 1. The third-order valence-electron chi connectivity index (χ3n) is 5.18. The van der Waals surface area contributed by atoms with Crippen LogP contribution >= 0.6 is 0 Å². The molecule has 1 heterocycles. The van der Waals surface area contributed by atoms with Gasteiger partial charge in [0.25, 0.3) is 20.0 Å². The molecule has 0 spiro atoms. The lowest BCUT2D eigenvalue weighted by Gasteiger charge is -2.14. The van der Waals surface area contributed by atoms with Gasteiger partial charge in [-0.3, -0.25) is 14.4 Å². The average Bonchev–Trinajstić information content (AvgIpc) is 2.97. The first-order valence-corrected chi connectivity index (χ1v) is 13.0. The van der Waals surface area contributed by atoms with E-state index in [0.29, 0.717) is 29.9 Å². The first-order chi connectivity index (χ1) is 15.0. The maximum Gasteiger partial charge on any atom is 0.335 e. The van der Waals surface area contributed by atoms with Crippen molar-refractivity contribution >= 4 is 37.5 Å². The smallest absolute Gasteiger partial charge is 0.335 e. The Morgan fingerprint density at radius 3 is 2.44 bits per heavy atom. The number of aryl methyl sites for hydroxylation is 1. The number of benzene rings is 2. The molecule has 172 valence electrons. The minimum absolute atomic E-state index is 0.0356. The van der Waals surface area contributed by atoms with Gasteiger partial charge in [-0.05, 0) is 68.1 Å². The predicted molar refractivity (Wildman–Crippen MR) is 121 cm³/mol. The summed E-state index contributed by atoms with van der Waals surface area (Å²) in [6, 6.07) is 7.89. The minimum atomic E-state index is -4.17. The van der Waals surface area contributed by atoms with E-state index in [1.807, 2.05) is 0 Å². The number of aromatic carboxylic acids is 1. The first kappa shape index (κ1) is 23.7. The van der Waals surface area contributed by atoms with E-state index in [4.69, 9.17) is 0 Å². The molecule has 0 unspecified atom stereocenters. The Morgan fingerprint density at radius 1 is 0.969 bits per heavy atom. The first-order valence-electron chi connectivity index (χ1n) is 10.0. The number of carboxylic acid groups (broad SMARTS) is 1. The van der Waals surface area contributed by atoms with Crippen molar-refractivity contribution in [3.05, 3.63) is 53.1 Å². The summed E-state index contributed by atoms with van der Waals surface area (Å²) in [7, 11) is -8.11. The van der Waals surface area contributed by atoms with E-state index >= 15 is 0 Å². The number of hydrogen-bond donors (Lipinski definition) is 3. The molecule has 0 aliphatic carbocycles. The highest BCUT2D eigenvalue weighted by molar-refractivity contribution is 7.92. The summed E-state index contributed by atoms with van der Waals surface area (Å²) < 4.78 is 56.4. The summed E-state index contributed by atoms with van der Waals surface area (Å²) >= 11 is 0. The highest BCUT2D eigenvalue weighted by atomic mass is 32.2. The molecule has 2 aromatic rings. The third-order valence-corrected chi connectivity index (χ3v) is 8.07. The zero-order valence-electron chi connectivity index (χ0n) is 17.8. The Hall–Kier alpha value is -2.92. The van der Waals surface area contributed by atoms with Crippen molar-refractivity contribution < 1.29 is 26.7 Å². The zero-order valence-corrected chi connectivity index (χ0v) is 19.4. The molecule has 0 amide bonds. The highest BCUT2D eigenvalue weighted by Gasteiger charge is 2.23. The molecule has 32 heavy (non-hydrogen) atoms. The van der Waals surface area contributed by atoms with E-state index in [1.54, 1.807) is 13.8 Å². The van der Waals surface area contributed by atoms with Gasteiger partial charge < -0.3 is 5.11 Å². The van der Waals surface area contributed by atoms with E-state index in [1.165, 1.54) is 30.3 Å². The third kappa shape index (κ3) is 5.46. The topological polar surface area (TPSA) is 142 Å². The number of amidine groups is 1. The lowest BCUT2D eigenvalue weighted by Crippen LogP contribution is -2.30. The Morgan fingerprint density at radius 2 is 1.72 bits per heavy atom. The fraction of sp³-hybridized carbons (Fsp3) is 0.333. The summed E-state index contributed by atoms with van der Waals surface area (Å²) in [6.07, 6.45) is 3.26. The van der Waals surface area contributed by atoms with Crippen LogP contribution in [0.15, 0.2) is 51.2 Å². The number of hydrogen-bond acceptors (Lipinski definition) is 6. The van der Waals surface area contributed by atoms with Crippen LogP contribution in [-0.2, 0) is 20.0 Å². The summed E-state index contributed by atoms with van der Waals surface area (Å²) in [5.74, 6) is -0.852. The normalized spacial score (nSPS) is 14.9. The Kier molecular flexibility index (Phi) is 6.89. The number of carbonyl (C=O) groups is 1. The van der Waals surface area contributed by atoms with Crippen LogP contribution in [-0.4, -0.2) is 40.3 Å². The molecule has 9 nitrogen and oxygen atoms in total. The van der Waals surface area contributed by atoms with Crippen molar-refractivity contribution in [3.63, 3.8) is 0 Å². The van der Waals surface area contributed by atoms with Crippen molar-refractivity contribution in [1.29, 1.82) is 0 Å². The second-order valence-electron chi connectivity index (χ2n) is 7.60. The molecule has 0 fully saturated rings. The largest absolute Gasteiger partial charge is 0.478 e. The monoisotopic (exact) mass is 479 g/mol. The molecule has 0 atom stereocenters. The van der Waals surface area contributed by atoms with Gasteiger partial charge in [0.2, 0.25) is 0 Å². The number of sulfonamides is 2. The lowest BCUT2D eigenvalue weighted by molar-refractivity contribution is 0.0696. The van der Waals surface area contributed by atoms with Crippen LogP contribution < -0.4 is 9.44 Å². The van der Waals surface area contributed by atoms with Gasteiger partial charge in [0.05, 0.1) is 21.0 Å². The van der Waals surface area contributed by atoms with Crippen LogP contribution in [0.25, 0.3) is 0 Å². The standard InChI is InChI=1S/C21H25N3O6S2/c1-14-11-16(21(25)26)12-19(15(14)2)32(29,30)23-17-7-6-8-18(13-17)31(27,28)24-20-9-4-3-5-10-22-20/h6-8,11-13,23H,3-5,9-10H2,1-2H3,(H,22,24)(H,25,26). The van der Waals surface area contributed by atoms with Crippen molar-refractivity contribution in [1.82, 2.24) is 4.72 Å². The van der Waals surface area contributed by atoms with Crippen molar-refractivity contribution in [2.45, 2.75) is 49.3 Å². The summed E-state index contributed by atoms with van der Waals surface area (Å²) in [6.45, 7) is 3.76. The summed E-state index contributed by atoms with van der Waals surface area (Å²) in [4.78, 5) is 15.3. The van der Waals surface area contributed by atoms with E-state index in [-0.39, 0.29) is 21.0 Å². The molecule has 0 saturated heterocycles. The molecule has 3 rings (SSSR count). The molecular weight excluding hydrogens is 454 g/mol. The SMILES string of the molecule is Cc1cc(C(=O)O)cc(S(=O)(=O)Nc2cccc(S(=O)(=O)NC3=NCCCCC3)c2)c1C. The Balaban J connectivity index is 1.90. The highest BCUT2D eigenvalue weighted by Crippen LogP contribution is 2.25. The van der Waals surface area contributed by atoms with Gasteiger partial charge in [0.1, 0.15) is 5.84 Å². The molecule has 1 aliphatic rings. The molecule has 11 heteroatoms. The fourth-order valence-corrected chi connectivity index (χ4v) is 5.87. The van der Waals surface area contributed by atoms with Gasteiger partial charge in [-0.2, -0.15) is 0 Å². The Labute approximate surface area is 187 Å². The zero-order chi connectivity index (χ0) is 23.5. The summed E-state index contributed by atoms with van der Waals surface area (Å²) in [5, 5.41) is 9.26. The van der Waals surface area contributed by atoms with Crippen molar-refractivity contribution in [3.8, 4) is 0 Å². The van der Waals surface area contributed by atoms with Crippen LogP contribution in [0, 0.1) is 13.8 Å². The quantitative estimate of drug-likeness (QED) is 0.581. The van der Waals surface area contributed by atoms with Crippen molar-refractivity contribution in [2.24, 2.45) is 4.99 Å². The fourth-order valence-electron chi connectivity index (χ4n) is 3.34. The van der Waals surface area contributed by atoms with Gasteiger partial charge >= 0.3 is 5.97 Å². The van der Waals surface area contributed by atoms with Gasteiger partial charge in [0, 0.05) is 13.0 Å². The molecule has 3 N–H and O–H groups in total. The Bertz CT molecular complexity index is 1280. The molecule has 1 aliphatic heterocycles. The number of rotatable bonds is 6. The van der Waals surface area contributed by atoms with Crippen LogP contribution in [0.3, 0.4) is 0 Å². The maximum atomic E-state index is 13.0. The average molecular weight is 480 g/mol. The van der Waals surface area contributed by atoms with Crippen molar-refractivity contribution in [2.75, 3.05) is 11.3 Å². The molecule has 2 aromatic carbocycles. The second kappa shape index (κ2) is 9.29. The minimum Gasteiger partial charge on any atom is -0.478 e. The van der Waals surface area contributed by atoms with Gasteiger partial charge in [0.15, 0.2) is 0 Å². The van der Waals surface area contributed by atoms with Crippen LogP contribution in [0.5, 0.6) is 0 Å². The van der Waals surface area contributed by atoms with E-state index in [9.17, 15) is 26.7 Å². The molecule has 0 saturated carbocycles. The molecule has 0 aromatic heterocycles. The van der Waals surface area contributed by atoms with Gasteiger partial charge in [-0.1, -0.05) is 12.5 Å². The molecular formula is C21H25N3O6S2. The van der Waals surface area contributed by atoms with E-state index in [2.05, 4.69) is 14.4 Å². The maximum absolute atomic E-state index is 13.0. The number of nitrogens with one attached hydrogen (secondary N) is 2. The second-order valence-corrected chi connectivity index (χ2v) is 10.9. The van der Waals surface area contributed by atoms with E-state index in [0.717, 1.165) is 25.3 Å². The van der Waals surface area contributed by atoms with E-state index < -0.39 is 26.0 Å². The predicted octanol–water partition coefficient (Wildman–Crippen LogP) is 3.05. The van der Waals surface area contributed by atoms with Gasteiger partial charge in [-0.15, -0.1) is 0 Å². The molecule has 0 radical (unpaired) electrons. The number of carboxylic acids is 1. The summed E-state index contributed by atoms with van der Waals surface area (Å²) in [5.41, 5.74) is 0.793. The van der Waals surface area contributed by atoms with Crippen LogP contribution in [0.2, 0.25) is 0 Å². The van der Waals surface area contributed by atoms with Crippen LogP contribution in [0.1, 0.15) is 47.2 Å². The number of anilines is 1. The molecule has 0 bridgehead atoms. The number of aliphatic imine (C=N–C) groups is 1. The van der Waals surface area contributed by atoms with Crippen LogP contribution in [0.4, 0.5) is 5.69 Å². The lowest BCUT2D eigenvalue weighted by atomic mass is 10.1. The van der Waals surface area contributed by atoms with Gasteiger partial charge in [-0.25, -0.2) is 21.6 Å².